The quantitative estimate of drug-likeness (QED) is 0.548. The van der Waals surface area contributed by atoms with E-state index in [1.807, 2.05) is 0 Å². The first-order valence-corrected chi connectivity index (χ1v) is 5.26. The summed E-state index contributed by atoms with van der Waals surface area (Å²) < 4.78 is 9.41. The molecule has 2 bridgehead atoms. The van der Waals surface area contributed by atoms with Gasteiger partial charge >= 0.3 is 11.9 Å². The van der Waals surface area contributed by atoms with E-state index < -0.39 is 10.8 Å². The van der Waals surface area contributed by atoms with Crippen LogP contribution in [0, 0.1) is 10.8 Å². The van der Waals surface area contributed by atoms with Gasteiger partial charge in [-0.05, 0) is 12.8 Å². The minimum atomic E-state index is -0.469. The Hall–Kier alpha value is -0.580. The molecule has 4 nitrogen and oxygen atoms in total. The molecule has 0 aliphatic heterocycles. The maximum Gasteiger partial charge on any atom is 0.313 e. The SMILES string of the molecule is COC(=O)C12CC(C(=O)OC)(C1)C2Br. The molecular weight excluding hydrogens is 252 g/mol. The lowest BCUT2D eigenvalue weighted by atomic mass is 9.35. The molecule has 0 spiro atoms. The lowest BCUT2D eigenvalue weighted by molar-refractivity contribution is -0.227. The van der Waals surface area contributed by atoms with Crippen molar-refractivity contribution in [2.24, 2.45) is 10.8 Å². The Balaban J connectivity index is 2.12. The minimum absolute atomic E-state index is 0.123. The predicted molar refractivity (Wildman–Crippen MR) is 50.8 cm³/mol. The highest BCUT2D eigenvalue weighted by atomic mass is 79.9. The molecule has 0 amide bonds. The molecule has 14 heavy (non-hydrogen) atoms. The number of carbonyl (C=O) groups is 2. The monoisotopic (exact) mass is 262 g/mol. The molecule has 3 rings (SSSR count). The van der Waals surface area contributed by atoms with Crippen LogP contribution in [0.1, 0.15) is 12.8 Å². The number of carbonyl (C=O) groups excluding carboxylic acids is 2. The number of ether oxygens (including phenoxy) is 2. The Kier molecular flexibility index (Phi) is 1.93. The zero-order chi connectivity index (χ0) is 10.6. The molecule has 0 heterocycles. The number of hydrogen-bond acceptors (Lipinski definition) is 4. The lowest BCUT2D eigenvalue weighted by Crippen LogP contribution is -2.77. The number of methoxy groups -OCH3 is 2. The molecule has 0 N–H and O–H groups in total. The third-order valence-corrected chi connectivity index (χ3v) is 5.17. The first-order valence-electron chi connectivity index (χ1n) is 4.34. The van der Waals surface area contributed by atoms with Crippen molar-refractivity contribution in [3.05, 3.63) is 0 Å². The number of alkyl halides is 1. The van der Waals surface area contributed by atoms with Crippen LogP contribution in [-0.2, 0) is 19.1 Å². The largest absolute Gasteiger partial charge is 0.469 e. The van der Waals surface area contributed by atoms with E-state index in [0.717, 1.165) is 0 Å². The molecule has 3 aliphatic carbocycles. The van der Waals surface area contributed by atoms with Gasteiger partial charge in [0.05, 0.1) is 25.0 Å². The van der Waals surface area contributed by atoms with Gasteiger partial charge in [0.15, 0.2) is 0 Å². The fourth-order valence-electron chi connectivity index (χ4n) is 2.60. The molecule has 78 valence electrons. The zero-order valence-electron chi connectivity index (χ0n) is 8.00. The molecule has 3 aliphatic rings. The molecule has 0 saturated heterocycles. The molecule has 0 unspecified atom stereocenters. The number of hydrogen-bond donors (Lipinski definition) is 0. The topological polar surface area (TPSA) is 52.6 Å². The summed E-state index contributed by atoms with van der Waals surface area (Å²) in [6.45, 7) is 0. The lowest BCUT2D eigenvalue weighted by Gasteiger charge is -2.70. The van der Waals surface area contributed by atoms with E-state index in [4.69, 9.17) is 9.47 Å². The van der Waals surface area contributed by atoms with Gasteiger partial charge in [-0.2, -0.15) is 0 Å². The Morgan fingerprint density at radius 1 is 1.14 bits per heavy atom. The molecule has 0 aromatic carbocycles. The molecule has 3 saturated carbocycles. The second kappa shape index (κ2) is 2.72. The van der Waals surface area contributed by atoms with Crippen molar-refractivity contribution >= 4 is 27.9 Å². The predicted octanol–water partition coefficient (Wildman–Crippen LogP) is 0.876. The van der Waals surface area contributed by atoms with Crippen molar-refractivity contribution in [2.45, 2.75) is 17.7 Å². The smallest absolute Gasteiger partial charge is 0.313 e. The van der Waals surface area contributed by atoms with Crippen LogP contribution in [0.25, 0.3) is 0 Å². The summed E-state index contributed by atoms with van der Waals surface area (Å²) in [5, 5.41) is 0. The number of halogens is 1. The van der Waals surface area contributed by atoms with E-state index in [-0.39, 0.29) is 16.8 Å². The number of esters is 2. The normalized spacial score (nSPS) is 43.2. The van der Waals surface area contributed by atoms with E-state index in [2.05, 4.69) is 15.9 Å². The van der Waals surface area contributed by atoms with Gasteiger partial charge < -0.3 is 9.47 Å². The van der Waals surface area contributed by atoms with Crippen LogP contribution in [0.5, 0.6) is 0 Å². The average molecular weight is 263 g/mol. The fraction of sp³-hybridized carbons (Fsp3) is 0.778. The van der Waals surface area contributed by atoms with Crippen molar-refractivity contribution < 1.29 is 19.1 Å². The highest BCUT2D eigenvalue weighted by molar-refractivity contribution is 9.09. The summed E-state index contributed by atoms with van der Waals surface area (Å²) >= 11 is 3.37. The first kappa shape index (κ1) is 9.96. The molecule has 0 atom stereocenters. The summed E-state index contributed by atoms with van der Waals surface area (Å²) in [7, 11) is 2.74. The van der Waals surface area contributed by atoms with Crippen LogP contribution in [0.3, 0.4) is 0 Å². The molecule has 3 fully saturated rings. The van der Waals surface area contributed by atoms with Crippen molar-refractivity contribution in [2.75, 3.05) is 14.2 Å². The van der Waals surface area contributed by atoms with E-state index >= 15 is 0 Å². The Bertz CT molecular complexity index is 278. The minimum Gasteiger partial charge on any atom is -0.469 e. The molecule has 0 aromatic heterocycles. The average Bonchev–Trinajstić information content (AvgIpc) is 2.15. The van der Waals surface area contributed by atoms with Gasteiger partial charge in [0.2, 0.25) is 0 Å². The van der Waals surface area contributed by atoms with Crippen molar-refractivity contribution in [1.29, 1.82) is 0 Å². The Morgan fingerprint density at radius 3 is 1.71 bits per heavy atom. The van der Waals surface area contributed by atoms with Crippen LogP contribution in [0.2, 0.25) is 0 Å². The third kappa shape index (κ3) is 0.798. The summed E-state index contributed by atoms with van der Waals surface area (Å²) in [4.78, 5) is 22.7. The van der Waals surface area contributed by atoms with Gasteiger partial charge in [0.1, 0.15) is 0 Å². The molecule has 0 aromatic rings. The van der Waals surface area contributed by atoms with E-state index in [0.29, 0.717) is 12.8 Å². The van der Waals surface area contributed by atoms with Crippen molar-refractivity contribution in [1.82, 2.24) is 0 Å². The third-order valence-electron chi connectivity index (χ3n) is 3.42. The number of rotatable bonds is 2. The standard InChI is InChI=1S/C9H11BrO4/c1-13-6(11)8-3-9(4-8,5(8)10)7(12)14-2/h5H,3-4H2,1-2H3. The maximum atomic E-state index is 11.4. The van der Waals surface area contributed by atoms with Gasteiger partial charge in [-0.15, -0.1) is 0 Å². The summed E-state index contributed by atoms with van der Waals surface area (Å²) in [5.74, 6) is -0.463. The van der Waals surface area contributed by atoms with Crippen LogP contribution in [0.4, 0.5) is 0 Å². The van der Waals surface area contributed by atoms with E-state index in [9.17, 15) is 9.59 Å². The van der Waals surface area contributed by atoms with Gasteiger partial charge in [-0.25, -0.2) is 0 Å². The highest BCUT2D eigenvalue weighted by Gasteiger charge is 2.82. The van der Waals surface area contributed by atoms with Crippen molar-refractivity contribution in [3.8, 4) is 0 Å². The van der Waals surface area contributed by atoms with Crippen LogP contribution < -0.4 is 0 Å². The van der Waals surface area contributed by atoms with Crippen LogP contribution >= 0.6 is 15.9 Å². The second-order valence-corrected chi connectivity index (χ2v) is 4.93. The Morgan fingerprint density at radius 2 is 1.50 bits per heavy atom. The molecule has 5 heteroatoms. The van der Waals surface area contributed by atoms with Crippen molar-refractivity contribution in [3.63, 3.8) is 0 Å². The highest BCUT2D eigenvalue weighted by Crippen LogP contribution is 2.76. The van der Waals surface area contributed by atoms with Gasteiger partial charge in [-0.3, -0.25) is 9.59 Å². The molecule has 0 radical (unpaired) electrons. The van der Waals surface area contributed by atoms with Gasteiger partial charge in [0.25, 0.3) is 0 Å². The van der Waals surface area contributed by atoms with E-state index in [1.165, 1.54) is 14.2 Å². The summed E-state index contributed by atoms with van der Waals surface area (Å²) in [6.07, 6.45) is 1.10. The van der Waals surface area contributed by atoms with Gasteiger partial charge in [0, 0.05) is 4.83 Å². The fourth-order valence-corrected chi connectivity index (χ4v) is 3.62. The van der Waals surface area contributed by atoms with E-state index in [1.54, 1.807) is 0 Å². The summed E-state index contributed by atoms with van der Waals surface area (Å²) in [5.41, 5.74) is -0.939. The van der Waals surface area contributed by atoms with Crippen LogP contribution in [0.15, 0.2) is 0 Å². The summed E-state index contributed by atoms with van der Waals surface area (Å²) in [6, 6.07) is 0. The molecular formula is C9H11BrO4. The van der Waals surface area contributed by atoms with Crippen LogP contribution in [-0.4, -0.2) is 31.0 Å². The first-order chi connectivity index (χ1) is 6.53. The second-order valence-electron chi connectivity index (χ2n) is 4.01. The maximum absolute atomic E-state index is 11.4. The zero-order valence-corrected chi connectivity index (χ0v) is 9.59. The Labute approximate surface area is 90.1 Å². The van der Waals surface area contributed by atoms with Gasteiger partial charge in [-0.1, -0.05) is 15.9 Å².